The Morgan fingerprint density at radius 2 is 1.30 bits per heavy atom. The zero-order valence-electron chi connectivity index (χ0n) is 16.9. The molecule has 0 bridgehead atoms. The number of nitrogens with zero attached hydrogens (tertiary/aromatic N) is 1. The minimum atomic E-state index is -10.7. The van der Waals surface area contributed by atoms with Crippen LogP contribution in [0.5, 0.6) is 0 Å². The molecule has 1 heterocycles. The van der Waals surface area contributed by atoms with Crippen LogP contribution in [0.4, 0.5) is 25.2 Å². The molecule has 0 saturated heterocycles. The fourth-order valence-electron chi connectivity index (χ4n) is 3.10. The number of rotatable bonds is 7. The molecule has 3 aromatic rings. The van der Waals surface area contributed by atoms with Gasteiger partial charge in [0.2, 0.25) is 0 Å². The Kier molecular flexibility index (Phi) is 6.92. The summed E-state index contributed by atoms with van der Waals surface area (Å²) in [4.78, 5) is 6.30. The van der Waals surface area contributed by atoms with Gasteiger partial charge in [-0.05, 0) is 37.0 Å². The average Bonchev–Trinajstić information content (AvgIpc) is 2.64. The molecule has 0 spiro atoms. The second-order valence-electron chi connectivity index (χ2n) is 7.23. The molecule has 1 atom stereocenters. The van der Waals surface area contributed by atoms with E-state index in [-0.39, 0.29) is 0 Å². The van der Waals surface area contributed by atoms with Gasteiger partial charge in [-0.2, -0.15) is 0 Å². The van der Waals surface area contributed by atoms with E-state index in [0.29, 0.717) is 5.92 Å². The van der Waals surface area contributed by atoms with Crippen LogP contribution >= 0.6 is 7.81 Å². The molecule has 0 aliphatic heterocycles. The van der Waals surface area contributed by atoms with Gasteiger partial charge in [0.15, 0.2) is 6.61 Å². The molecule has 2 nitrogen and oxygen atoms in total. The van der Waals surface area contributed by atoms with Gasteiger partial charge in [-0.3, -0.25) is 4.84 Å². The van der Waals surface area contributed by atoms with Crippen LogP contribution in [0, 0.1) is 5.92 Å². The molecule has 0 aliphatic rings. The van der Waals surface area contributed by atoms with E-state index in [2.05, 4.69) is 68.4 Å². The Bertz CT molecular complexity index is 926. The summed E-state index contributed by atoms with van der Waals surface area (Å²) in [6, 6.07) is 19.1. The molecule has 168 valence electrons. The normalized spacial score (nSPS) is 15.1. The topological polar surface area (TPSA) is 13.1 Å². The molecule has 0 fully saturated rings. The van der Waals surface area contributed by atoms with Gasteiger partial charge in [-0.1, -0.05) is 51.0 Å². The molecular formula is C21H26F6NOP. The second kappa shape index (κ2) is 8.58. The third kappa shape index (κ3) is 8.74. The molecule has 0 amide bonds. The summed E-state index contributed by atoms with van der Waals surface area (Å²) >= 11 is 0. The number of halogens is 6. The summed E-state index contributed by atoms with van der Waals surface area (Å²) in [6.07, 6.45) is 4.95. The SMILES string of the molecule is CCCCC(CC)CO[n+]1c2ccccc2cc2ccccc21.F[P-](F)(F)(F)(F)F. The van der Waals surface area contributed by atoms with E-state index in [4.69, 9.17) is 4.84 Å². The van der Waals surface area contributed by atoms with Gasteiger partial charge in [-0.25, -0.2) is 0 Å². The van der Waals surface area contributed by atoms with Crippen molar-refractivity contribution in [1.29, 1.82) is 0 Å². The first-order valence-electron chi connectivity index (χ1n) is 9.80. The van der Waals surface area contributed by atoms with Crippen molar-refractivity contribution in [3.05, 3.63) is 54.6 Å². The van der Waals surface area contributed by atoms with E-state index < -0.39 is 7.81 Å². The Morgan fingerprint density at radius 1 is 0.833 bits per heavy atom. The molecule has 30 heavy (non-hydrogen) atoms. The first-order chi connectivity index (χ1) is 13.8. The summed E-state index contributed by atoms with van der Waals surface area (Å²) in [5.41, 5.74) is 2.27. The van der Waals surface area contributed by atoms with Crippen LogP contribution in [-0.4, -0.2) is 6.61 Å². The molecule has 1 aromatic heterocycles. The van der Waals surface area contributed by atoms with E-state index in [1.807, 2.05) is 4.73 Å². The maximum atomic E-state index is 9.87. The van der Waals surface area contributed by atoms with Crippen LogP contribution < -0.4 is 9.57 Å². The number of hydrogen-bond donors (Lipinski definition) is 0. The van der Waals surface area contributed by atoms with Crippen molar-refractivity contribution >= 4 is 29.6 Å². The van der Waals surface area contributed by atoms with Gasteiger partial charge >= 0.3 is 33.0 Å². The Balaban J connectivity index is 0.000000396. The van der Waals surface area contributed by atoms with Crippen LogP contribution in [-0.2, 0) is 0 Å². The molecule has 2 aromatic carbocycles. The number of fused-ring (bicyclic) bond motifs is 2. The fourth-order valence-corrected chi connectivity index (χ4v) is 3.10. The number of aromatic nitrogens is 1. The van der Waals surface area contributed by atoms with Crippen molar-refractivity contribution in [3.63, 3.8) is 0 Å². The second-order valence-corrected chi connectivity index (χ2v) is 9.14. The molecule has 3 rings (SSSR count). The molecule has 0 N–H and O–H groups in total. The quantitative estimate of drug-likeness (QED) is 0.152. The number of pyridine rings is 1. The number of benzene rings is 2. The van der Waals surface area contributed by atoms with E-state index >= 15 is 0 Å². The molecule has 9 heteroatoms. The van der Waals surface area contributed by atoms with Gasteiger partial charge < -0.3 is 0 Å². The van der Waals surface area contributed by atoms with Crippen molar-refractivity contribution in [2.75, 3.05) is 6.61 Å². The van der Waals surface area contributed by atoms with Gasteiger partial charge in [0.1, 0.15) is 0 Å². The van der Waals surface area contributed by atoms with Gasteiger partial charge in [0, 0.05) is 16.9 Å². The minimum absolute atomic E-state index is 0.625. The average molecular weight is 453 g/mol. The fraction of sp³-hybridized carbons (Fsp3) is 0.381. The summed E-state index contributed by atoms with van der Waals surface area (Å²) in [7, 11) is -10.7. The van der Waals surface area contributed by atoms with Gasteiger partial charge in [0.25, 0.3) is 11.0 Å². The van der Waals surface area contributed by atoms with E-state index in [1.54, 1.807) is 0 Å². The van der Waals surface area contributed by atoms with Crippen LogP contribution in [0.2, 0.25) is 0 Å². The Hall–Kier alpha value is -2.08. The van der Waals surface area contributed by atoms with Crippen molar-refractivity contribution in [1.82, 2.24) is 0 Å². The van der Waals surface area contributed by atoms with Crippen molar-refractivity contribution in [2.24, 2.45) is 5.92 Å². The first-order valence-corrected chi connectivity index (χ1v) is 11.8. The predicted molar refractivity (Wildman–Crippen MR) is 110 cm³/mol. The van der Waals surface area contributed by atoms with Crippen molar-refractivity contribution in [2.45, 2.75) is 39.5 Å². The summed E-state index contributed by atoms with van der Waals surface area (Å²) in [5.74, 6) is 0.625. The zero-order valence-corrected chi connectivity index (χ0v) is 17.8. The number of para-hydroxylation sites is 2. The Labute approximate surface area is 171 Å². The first kappa shape index (κ1) is 24.2. The van der Waals surface area contributed by atoms with Crippen LogP contribution in [0.25, 0.3) is 21.8 Å². The molecule has 1 unspecified atom stereocenters. The van der Waals surface area contributed by atoms with E-state index in [9.17, 15) is 25.2 Å². The molecule has 0 saturated carbocycles. The molecular weight excluding hydrogens is 427 g/mol. The van der Waals surface area contributed by atoms with Crippen LogP contribution in [0.3, 0.4) is 0 Å². The maximum absolute atomic E-state index is 10.7. The van der Waals surface area contributed by atoms with E-state index in [0.717, 1.165) is 17.6 Å². The van der Waals surface area contributed by atoms with Crippen molar-refractivity contribution < 1.29 is 34.7 Å². The van der Waals surface area contributed by atoms with Crippen LogP contribution in [0.15, 0.2) is 54.6 Å². The van der Waals surface area contributed by atoms with Crippen molar-refractivity contribution in [3.8, 4) is 0 Å². The zero-order chi connectivity index (χ0) is 22.5. The summed E-state index contributed by atoms with van der Waals surface area (Å²) in [6.45, 7) is 5.29. The molecule has 0 radical (unpaired) electrons. The van der Waals surface area contributed by atoms with Gasteiger partial charge in [-0.15, -0.1) is 0 Å². The summed E-state index contributed by atoms with van der Waals surface area (Å²) < 4.78 is 61.2. The summed E-state index contributed by atoms with van der Waals surface area (Å²) in [5, 5.41) is 2.43. The third-order valence-electron chi connectivity index (χ3n) is 4.60. The van der Waals surface area contributed by atoms with Crippen LogP contribution in [0.1, 0.15) is 39.5 Å². The standard InChI is InChI=1S/C21H26NO.F6P/c1-3-5-10-17(4-2)16-23-22-20-13-8-6-11-18(20)15-19-12-7-9-14-21(19)22;1-7(2,3,4,5)6/h6-9,11-15,17H,3-5,10,16H2,1-2H3;/q+1;-1. The van der Waals surface area contributed by atoms with Gasteiger partial charge in [0.05, 0.1) is 10.8 Å². The number of unbranched alkanes of at least 4 members (excludes halogenated alkanes) is 1. The Morgan fingerprint density at radius 3 is 1.73 bits per heavy atom. The number of hydrogen-bond acceptors (Lipinski definition) is 1. The monoisotopic (exact) mass is 453 g/mol. The third-order valence-corrected chi connectivity index (χ3v) is 4.60. The van der Waals surface area contributed by atoms with E-state index in [1.165, 1.54) is 36.5 Å². The molecule has 0 aliphatic carbocycles. The predicted octanol–water partition coefficient (Wildman–Crippen LogP) is 8.31.